The second-order valence-electron chi connectivity index (χ2n) is 6.61. The van der Waals surface area contributed by atoms with Gasteiger partial charge in [0.2, 0.25) is 0 Å². The van der Waals surface area contributed by atoms with E-state index >= 15 is 0 Å². The van der Waals surface area contributed by atoms with Crippen molar-refractivity contribution in [2.75, 3.05) is 53.6 Å². The highest BCUT2D eigenvalue weighted by atomic mass is 35.5. The summed E-state index contributed by atoms with van der Waals surface area (Å²) < 4.78 is 16.4. The van der Waals surface area contributed by atoms with Crippen molar-refractivity contribution in [3.8, 4) is 17.2 Å². The Bertz CT molecular complexity index is 772. The lowest BCUT2D eigenvalue weighted by atomic mass is 10.2. The van der Waals surface area contributed by atoms with Crippen LogP contribution in [0.5, 0.6) is 17.2 Å². The van der Waals surface area contributed by atoms with E-state index < -0.39 is 0 Å². The van der Waals surface area contributed by atoms with Crippen molar-refractivity contribution in [2.45, 2.75) is 0 Å². The van der Waals surface area contributed by atoms with Gasteiger partial charge < -0.3 is 19.1 Å². The molecule has 5 nitrogen and oxygen atoms in total. The molecule has 1 heterocycles. The second-order valence-corrected chi connectivity index (χ2v) is 7.05. The Morgan fingerprint density at radius 1 is 0.929 bits per heavy atom. The minimum Gasteiger partial charge on any atom is -0.493 e. The SMILES string of the molecule is COc1ccc(C=CN2CCN(CCOc3ccc(Cl)cc3)CC2)cc1OC. The number of piperazine rings is 1. The lowest BCUT2D eigenvalue weighted by molar-refractivity contribution is 0.145. The van der Waals surface area contributed by atoms with Crippen LogP contribution in [0.3, 0.4) is 0 Å². The fraction of sp³-hybridized carbons (Fsp3) is 0.364. The van der Waals surface area contributed by atoms with Gasteiger partial charge in [-0.2, -0.15) is 0 Å². The van der Waals surface area contributed by atoms with Crippen molar-refractivity contribution < 1.29 is 14.2 Å². The molecule has 0 bridgehead atoms. The van der Waals surface area contributed by atoms with Gasteiger partial charge in [0, 0.05) is 37.7 Å². The summed E-state index contributed by atoms with van der Waals surface area (Å²) in [5.74, 6) is 2.35. The summed E-state index contributed by atoms with van der Waals surface area (Å²) in [7, 11) is 3.30. The molecule has 3 rings (SSSR count). The van der Waals surface area contributed by atoms with E-state index in [1.165, 1.54) is 0 Å². The average Bonchev–Trinajstić information content (AvgIpc) is 2.74. The minimum absolute atomic E-state index is 0.684. The van der Waals surface area contributed by atoms with E-state index in [2.05, 4.69) is 22.1 Å². The van der Waals surface area contributed by atoms with Crippen LogP contribution in [0, 0.1) is 0 Å². The van der Waals surface area contributed by atoms with Gasteiger partial charge in [0.1, 0.15) is 12.4 Å². The summed E-state index contributed by atoms with van der Waals surface area (Å²) in [6.07, 6.45) is 4.27. The molecule has 1 saturated heterocycles. The van der Waals surface area contributed by atoms with Crippen molar-refractivity contribution in [3.05, 3.63) is 59.3 Å². The maximum Gasteiger partial charge on any atom is 0.161 e. The van der Waals surface area contributed by atoms with Crippen LogP contribution in [0.15, 0.2) is 48.7 Å². The molecule has 0 atom stereocenters. The fourth-order valence-corrected chi connectivity index (χ4v) is 3.23. The van der Waals surface area contributed by atoms with Crippen LogP contribution in [-0.2, 0) is 0 Å². The molecule has 150 valence electrons. The van der Waals surface area contributed by atoms with Crippen LogP contribution in [0.25, 0.3) is 6.08 Å². The molecule has 2 aromatic carbocycles. The summed E-state index contributed by atoms with van der Waals surface area (Å²) in [6.45, 7) is 5.68. The number of nitrogens with zero attached hydrogens (tertiary/aromatic N) is 2. The predicted octanol–water partition coefficient (Wildman–Crippen LogP) is 4.02. The van der Waals surface area contributed by atoms with E-state index in [9.17, 15) is 0 Å². The average molecular weight is 403 g/mol. The van der Waals surface area contributed by atoms with Crippen molar-refractivity contribution in [1.82, 2.24) is 9.80 Å². The third-order valence-electron chi connectivity index (χ3n) is 4.78. The van der Waals surface area contributed by atoms with E-state index in [1.54, 1.807) is 14.2 Å². The molecule has 1 aliphatic heterocycles. The zero-order valence-corrected chi connectivity index (χ0v) is 17.2. The number of rotatable bonds is 8. The first kappa shape index (κ1) is 20.4. The monoisotopic (exact) mass is 402 g/mol. The van der Waals surface area contributed by atoms with Gasteiger partial charge in [0.25, 0.3) is 0 Å². The molecule has 0 aromatic heterocycles. The van der Waals surface area contributed by atoms with Crippen molar-refractivity contribution in [3.63, 3.8) is 0 Å². The van der Waals surface area contributed by atoms with E-state index in [-0.39, 0.29) is 0 Å². The van der Waals surface area contributed by atoms with Crippen molar-refractivity contribution in [2.24, 2.45) is 0 Å². The van der Waals surface area contributed by atoms with Crippen LogP contribution < -0.4 is 14.2 Å². The molecule has 2 aromatic rings. The van der Waals surface area contributed by atoms with E-state index in [4.69, 9.17) is 25.8 Å². The van der Waals surface area contributed by atoms with E-state index in [1.807, 2.05) is 42.5 Å². The summed E-state index contributed by atoms with van der Waals surface area (Å²) in [4.78, 5) is 4.77. The quantitative estimate of drug-likeness (QED) is 0.666. The lowest BCUT2D eigenvalue weighted by Gasteiger charge is -2.34. The molecule has 28 heavy (non-hydrogen) atoms. The number of methoxy groups -OCH3 is 2. The Kier molecular flexibility index (Phi) is 7.46. The van der Waals surface area contributed by atoms with Gasteiger partial charge >= 0.3 is 0 Å². The van der Waals surface area contributed by atoms with Gasteiger partial charge in [-0.25, -0.2) is 0 Å². The minimum atomic E-state index is 0.684. The van der Waals surface area contributed by atoms with Crippen LogP contribution in [0.1, 0.15) is 5.56 Å². The van der Waals surface area contributed by atoms with Gasteiger partial charge in [0.15, 0.2) is 11.5 Å². The highest BCUT2D eigenvalue weighted by Gasteiger charge is 2.14. The zero-order chi connectivity index (χ0) is 19.8. The molecule has 0 unspecified atom stereocenters. The van der Waals surface area contributed by atoms with Crippen molar-refractivity contribution >= 4 is 17.7 Å². The lowest BCUT2D eigenvalue weighted by Crippen LogP contribution is -2.45. The Morgan fingerprint density at radius 2 is 1.64 bits per heavy atom. The first-order valence-electron chi connectivity index (χ1n) is 9.43. The van der Waals surface area contributed by atoms with Gasteiger partial charge in [-0.1, -0.05) is 17.7 Å². The second kappa shape index (κ2) is 10.2. The predicted molar refractivity (Wildman–Crippen MR) is 114 cm³/mol. The number of hydrogen-bond acceptors (Lipinski definition) is 5. The van der Waals surface area contributed by atoms with Crippen LogP contribution >= 0.6 is 11.6 Å². The Balaban J connectivity index is 1.41. The molecule has 0 radical (unpaired) electrons. The molecule has 0 spiro atoms. The summed E-state index contributed by atoms with van der Waals surface area (Å²) >= 11 is 5.89. The molecule has 1 fully saturated rings. The topological polar surface area (TPSA) is 34.2 Å². The van der Waals surface area contributed by atoms with Gasteiger partial charge in [0.05, 0.1) is 14.2 Å². The Hall–Kier alpha value is -2.37. The smallest absolute Gasteiger partial charge is 0.161 e. The fourth-order valence-electron chi connectivity index (χ4n) is 3.11. The maximum absolute atomic E-state index is 5.89. The molecule has 1 aliphatic rings. The van der Waals surface area contributed by atoms with Gasteiger partial charge in [-0.15, -0.1) is 0 Å². The Morgan fingerprint density at radius 3 is 2.32 bits per heavy atom. The molecule has 0 amide bonds. The molecule has 0 saturated carbocycles. The number of ether oxygens (including phenoxy) is 3. The largest absolute Gasteiger partial charge is 0.493 e. The van der Waals surface area contributed by atoms with E-state index in [0.29, 0.717) is 6.61 Å². The molecular weight excluding hydrogens is 376 g/mol. The maximum atomic E-state index is 5.89. The standard InChI is InChI=1S/C22H27ClN2O3/c1-26-21-8-3-18(17-22(21)27-2)9-10-24-11-13-25(14-12-24)15-16-28-20-6-4-19(23)5-7-20/h3-10,17H,11-16H2,1-2H3. The molecule has 0 N–H and O–H groups in total. The van der Waals surface area contributed by atoms with Gasteiger partial charge in [-0.05, 0) is 54.2 Å². The van der Waals surface area contributed by atoms with Crippen LogP contribution in [0.2, 0.25) is 5.02 Å². The van der Waals surface area contributed by atoms with E-state index in [0.717, 1.165) is 60.6 Å². The number of benzene rings is 2. The normalized spacial score (nSPS) is 15.0. The van der Waals surface area contributed by atoms with Crippen LogP contribution in [0.4, 0.5) is 0 Å². The van der Waals surface area contributed by atoms with Crippen molar-refractivity contribution in [1.29, 1.82) is 0 Å². The summed E-state index contributed by atoms with van der Waals surface area (Å²) in [6, 6.07) is 13.4. The first-order valence-corrected chi connectivity index (χ1v) is 9.81. The number of hydrogen-bond donors (Lipinski definition) is 0. The molecule has 0 aliphatic carbocycles. The highest BCUT2D eigenvalue weighted by Crippen LogP contribution is 2.28. The third kappa shape index (κ3) is 5.81. The zero-order valence-electron chi connectivity index (χ0n) is 16.4. The number of halogens is 1. The third-order valence-corrected chi connectivity index (χ3v) is 5.03. The molecular formula is C22H27ClN2O3. The Labute approximate surface area is 172 Å². The highest BCUT2D eigenvalue weighted by molar-refractivity contribution is 6.30. The summed E-state index contributed by atoms with van der Waals surface area (Å²) in [5.41, 5.74) is 1.09. The first-order chi connectivity index (χ1) is 13.7. The molecule has 6 heteroatoms. The van der Waals surface area contributed by atoms with Gasteiger partial charge in [-0.3, -0.25) is 4.90 Å². The summed E-state index contributed by atoms with van der Waals surface area (Å²) in [5, 5.41) is 0.726. The van der Waals surface area contributed by atoms with Crippen LogP contribution in [-0.4, -0.2) is 63.4 Å².